The van der Waals surface area contributed by atoms with E-state index in [-0.39, 0.29) is 35.8 Å². The summed E-state index contributed by atoms with van der Waals surface area (Å²) in [6.45, 7) is 19.1. The predicted molar refractivity (Wildman–Crippen MR) is 147 cm³/mol. The normalized spacial score (nSPS) is 20.0. The molecule has 0 radical (unpaired) electrons. The third-order valence-electron chi connectivity index (χ3n) is 7.28. The summed E-state index contributed by atoms with van der Waals surface area (Å²) in [7, 11) is 1.76. The first-order chi connectivity index (χ1) is 16.8. The van der Waals surface area contributed by atoms with Gasteiger partial charge in [-0.3, -0.25) is 14.5 Å². The van der Waals surface area contributed by atoms with Gasteiger partial charge in [0.05, 0.1) is 18.7 Å². The van der Waals surface area contributed by atoms with Crippen LogP contribution in [0, 0.1) is 11.3 Å². The Balaban J connectivity index is 3.15. The van der Waals surface area contributed by atoms with Crippen LogP contribution in [0.25, 0.3) is 0 Å². The van der Waals surface area contributed by atoms with E-state index in [9.17, 15) is 14.4 Å². The van der Waals surface area contributed by atoms with Crippen molar-refractivity contribution < 1.29 is 19.1 Å². The van der Waals surface area contributed by atoms with Crippen molar-refractivity contribution in [2.75, 3.05) is 20.2 Å². The average Bonchev–Trinajstić information content (AvgIpc) is 2.82. The number of amides is 2. The molecule has 7 heteroatoms. The molecule has 36 heavy (non-hydrogen) atoms. The molecule has 1 rings (SSSR count). The Morgan fingerprint density at radius 1 is 1.14 bits per heavy atom. The maximum atomic E-state index is 13.8. The number of likely N-dealkylation sites (N-methyl/N-ethyl adjacent to an activating group) is 1. The minimum atomic E-state index is -0.678. The third kappa shape index (κ3) is 9.20. The van der Waals surface area contributed by atoms with Crippen LogP contribution >= 0.6 is 0 Å². The van der Waals surface area contributed by atoms with Gasteiger partial charge in [0.15, 0.2) is 0 Å². The van der Waals surface area contributed by atoms with Gasteiger partial charge in [-0.25, -0.2) is 4.79 Å². The van der Waals surface area contributed by atoms with Crippen LogP contribution in [0.1, 0.15) is 101 Å². The highest BCUT2D eigenvalue weighted by molar-refractivity contribution is 5.91. The second kappa shape index (κ2) is 14.7. The molecule has 4 atom stereocenters. The number of ether oxygens (including phenoxy) is 1. The van der Waals surface area contributed by atoms with Crippen molar-refractivity contribution in [1.82, 2.24) is 15.1 Å². The van der Waals surface area contributed by atoms with Gasteiger partial charge in [-0.2, -0.15) is 0 Å². The van der Waals surface area contributed by atoms with Crippen molar-refractivity contribution in [3.8, 4) is 0 Å². The summed E-state index contributed by atoms with van der Waals surface area (Å²) in [6, 6.07) is -0.847. The van der Waals surface area contributed by atoms with E-state index in [1.54, 1.807) is 31.9 Å². The quantitative estimate of drug-likeness (QED) is 0.299. The van der Waals surface area contributed by atoms with Crippen molar-refractivity contribution in [1.29, 1.82) is 0 Å². The summed E-state index contributed by atoms with van der Waals surface area (Å²) < 4.78 is 5.13. The summed E-state index contributed by atoms with van der Waals surface area (Å²) in [6.07, 6.45) is 8.12. The highest BCUT2D eigenvalue weighted by atomic mass is 16.5. The zero-order valence-corrected chi connectivity index (χ0v) is 24.6. The van der Waals surface area contributed by atoms with Crippen molar-refractivity contribution >= 4 is 17.8 Å². The zero-order chi connectivity index (χ0) is 27.6. The Bertz CT molecular complexity index is 756. The molecule has 0 saturated carbocycles. The molecule has 0 bridgehead atoms. The van der Waals surface area contributed by atoms with E-state index in [0.717, 1.165) is 45.1 Å². The minimum Gasteiger partial charge on any atom is -0.463 e. The number of hydrogen-bond acceptors (Lipinski definition) is 5. The lowest BCUT2D eigenvalue weighted by Crippen LogP contribution is -2.60. The molecule has 0 aromatic carbocycles. The molecule has 208 valence electrons. The molecule has 0 aromatic heterocycles. The maximum Gasteiger partial charge on any atom is 0.333 e. The van der Waals surface area contributed by atoms with Gasteiger partial charge < -0.3 is 15.0 Å². The average molecular weight is 508 g/mol. The number of likely N-dealkylation sites (tertiary alicyclic amines) is 1. The summed E-state index contributed by atoms with van der Waals surface area (Å²) in [5.41, 5.74) is 0.000844. The second-order valence-electron chi connectivity index (χ2n) is 11.8. The maximum absolute atomic E-state index is 13.8. The lowest BCUT2D eigenvalue weighted by molar-refractivity contribution is -0.142. The number of rotatable bonds is 12. The molecule has 0 aromatic rings. The molecule has 2 amide bonds. The molecule has 1 aliphatic heterocycles. The largest absolute Gasteiger partial charge is 0.463 e. The summed E-state index contributed by atoms with van der Waals surface area (Å²) in [4.78, 5) is 43.7. The number of unbranched alkanes of at least 4 members (excludes halogenated alkanes) is 1. The monoisotopic (exact) mass is 507 g/mol. The van der Waals surface area contributed by atoms with Gasteiger partial charge in [-0.05, 0) is 57.9 Å². The van der Waals surface area contributed by atoms with Crippen LogP contribution in [0.3, 0.4) is 0 Å². The summed E-state index contributed by atoms with van der Waals surface area (Å²) in [5.74, 6) is -0.505. The number of hydrogen-bond donors (Lipinski definition) is 1. The molecule has 1 saturated heterocycles. The molecular formula is C29H53N3O4. The van der Waals surface area contributed by atoms with Crippen molar-refractivity contribution in [3.05, 3.63) is 11.6 Å². The van der Waals surface area contributed by atoms with Crippen LogP contribution in [-0.2, 0) is 19.1 Å². The fourth-order valence-electron chi connectivity index (χ4n) is 4.99. The van der Waals surface area contributed by atoms with E-state index in [0.29, 0.717) is 18.2 Å². The zero-order valence-electron chi connectivity index (χ0n) is 24.6. The van der Waals surface area contributed by atoms with Gasteiger partial charge in [0.2, 0.25) is 11.8 Å². The lowest BCUT2D eigenvalue weighted by Gasteiger charge is -2.41. The second-order valence-corrected chi connectivity index (χ2v) is 11.8. The highest BCUT2D eigenvalue weighted by Gasteiger charge is 2.40. The molecule has 1 aliphatic rings. The first kappa shape index (κ1) is 32.1. The van der Waals surface area contributed by atoms with E-state index in [4.69, 9.17) is 4.74 Å². The number of carbonyl (C=O) groups excluding carboxylic acids is 3. The Kier molecular flexibility index (Phi) is 13.2. The van der Waals surface area contributed by atoms with Gasteiger partial charge in [-0.1, -0.05) is 66.9 Å². The van der Waals surface area contributed by atoms with Gasteiger partial charge in [0.25, 0.3) is 0 Å². The van der Waals surface area contributed by atoms with E-state index in [2.05, 4.69) is 24.1 Å². The van der Waals surface area contributed by atoms with Crippen LogP contribution in [-0.4, -0.2) is 72.0 Å². The predicted octanol–water partition coefficient (Wildman–Crippen LogP) is 4.94. The van der Waals surface area contributed by atoms with Crippen LogP contribution < -0.4 is 5.32 Å². The van der Waals surface area contributed by atoms with E-state index in [1.165, 1.54) is 0 Å². The van der Waals surface area contributed by atoms with E-state index in [1.807, 2.05) is 34.6 Å². The fourth-order valence-corrected chi connectivity index (χ4v) is 4.99. The third-order valence-corrected chi connectivity index (χ3v) is 7.28. The summed E-state index contributed by atoms with van der Waals surface area (Å²) >= 11 is 0. The Morgan fingerprint density at radius 3 is 2.31 bits per heavy atom. The molecule has 1 heterocycles. The van der Waals surface area contributed by atoms with Crippen LogP contribution in [0.4, 0.5) is 0 Å². The van der Waals surface area contributed by atoms with Crippen LogP contribution in [0.15, 0.2) is 11.6 Å². The Labute approximate surface area is 220 Å². The van der Waals surface area contributed by atoms with Crippen molar-refractivity contribution in [3.63, 3.8) is 0 Å². The molecular weight excluding hydrogens is 454 g/mol. The number of nitrogens with zero attached hydrogens (tertiary/aromatic N) is 2. The molecule has 7 nitrogen and oxygen atoms in total. The van der Waals surface area contributed by atoms with Crippen LogP contribution in [0.5, 0.6) is 0 Å². The first-order valence-corrected chi connectivity index (χ1v) is 13.9. The number of nitrogens with one attached hydrogen (secondary N) is 1. The van der Waals surface area contributed by atoms with E-state index < -0.39 is 11.5 Å². The topological polar surface area (TPSA) is 79.0 Å². The summed E-state index contributed by atoms with van der Waals surface area (Å²) in [5, 5.41) is 3.15. The standard InChI is InChI=1S/C29H53N3O4/c1-11-13-16-22(6)32-18-15-14-17-23(32)26(33)30-25(29(7,8)9)27(34)31(10)24(20(3)4)19-21(5)28(35)36-12-2/h19-20,22-25H,11-18H2,1-10H3,(H,30,33)/b21-19+. The number of esters is 1. The fraction of sp³-hybridized carbons (Fsp3) is 0.828. The van der Waals surface area contributed by atoms with Crippen LogP contribution in [0.2, 0.25) is 0 Å². The lowest BCUT2D eigenvalue weighted by atomic mass is 9.84. The molecule has 0 aliphatic carbocycles. The Morgan fingerprint density at radius 2 is 1.78 bits per heavy atom. The number of carbonyl (C=O) groups is 3. The van der Waals surface area contributed by atoms with Crippen molar-refractivity contribution in [2.45, 2.75) is 125 Å². The molecule has 0 spiro atoms. The van der Waals surface area contributed by atoms with Gasteiger partial charge in [0, 0.05) is 18.7 Å². The SMILES string of the molecule is CCCCC(C)N1CCCCC1C(=O)NC(C(=O)N(C)C(/C=C(\C)C(=O)OCC)C(C)C)C(C)(C)C. The molecule has 1 fully saturated rings. The van der Waals surface area contributed by atoms with Gasteiger partial charge in [-0.15, -0.1) is 0 Å². The van der Waals surface area contributed by atoms with Gasteiger partial charge >= 0.3 is 5.97 Å². The first-order valence-electron chi connectivity index (χ1n) is 13.9. The Hall–Kier alpha value is -1.89. The number of piperidine rings is 1. The molecule has 1 N–H and O–H groups in total. The molecule has 4 unspecified atom stereocenters. The van der Waals surface area contributed by atoms with Gasteiger partial charge in [0.1, 0.15) is 6.04 Å². The highest BCUT2D eigenvalue weighted by Crippen LogP contribution is 2.26. The minimum absolute atomic E-state index is 0.0564. The smallest absolute Gasteiger partial charge is 0.333 e. The van der Waals surface area contributed by atoms with Crippen molar-refractivity contribution in [2.24, 2.45) is 11.3 Å². The van der Waals surface area contributed by atoms with E-state index >= 15 is 0 Å².